The topological polar surface area (TPSA) is 75.3 Å². The highest BCUT2D eigenvalue weighted by atomic mass is 35.5. The molecule has 8 heteroatoms. The summed E-state index contributed by atoms with van der Waals surface area (Å²) in [5, 5.41) is 2.62. The average Bonchev–Trinajstić information content (AvgIpc) is 2.47. The van der Waals surface area contributed by atoms with Crippen LogP contribution >= 0.6 is 11.6 Å². The highest BCUT2D eigenvalue weighted by Gasteiger charge is 2.23. The number of nitrogens with one attached hydrogen (secondary N) is 2. The minimum Gasteiger partial charge on any atom is -0.321 e. The van der Waals surface area contributed by atoms with Crippen LogP contribution in [0.1, 0.15) is 36.7 Å². The molecule has 0 aromatic heterocycles. The third-order valence-corrected chi connectivity index (χ3v) is 5.45. The lowest BCUT2D eigenvalue weighted by Gasteiger charge is -2.20. The van der Waals surface area contributed by atoms with Crippen LogP contribution in [0.15, 0.2) is 41.3 Å². The summed E-state index contributed by atoms with van der Waals surface area (Å²) >= 11 is 5.92. The minimum absolute atomic E-state index is 0.0200. The maximum Gasteiger partial charge on any atom is 0.256 e. The van der Waals surface area contributed by atoms with Crippen molar-refractivity contribution in [3.63, 3.8) is 0 Å². The average molecular weight is 399 g/mol. The second-order valence-corrected chi connectivity index (χ2v) is 9.00. The number of anilines is 1. The van der Waals surface area contributed by atoms with Gasteiger partial charge in [-0.05, 0) is 63.6 Å². The van der Waals surface area contributed by atoms with E-state index < -0.39 is 27.3 Å². The molecular formula is C18H20ClFN2O3S. The molecule has 0 unspecified atom stereocenters. The second kappa shape index (κ2) is 7.34. The molecule has 0 bridgehead atoms. The number of sulfonamides is 1. The fraction of sp³-hybridized carbons (Fsp3) is 0.278. The van der Waals surface area contributed by atoms with Crippen molar-refractivity contribution in [2.75, 3.05) is 5.32 Å². The molecule has 1 amide bonds. The van der Waals surface area contributed by atoms with E-state index in [0.717, 1.165) is 6.07 Å². The molecule has 0 radical (unpaired) electrons. The molecule has 0 aliphatic rings. The van der Waals surface area contributed by atoms with Gasteiger partial charge in [0.2, 0.25) is 10.0 Å². The Bertz CT molecular complexity index is 953. The maximum absolute atomic E-state index is 13.1. The highest BCUT2D eigenvalue weighted by Crippen LogP contribution is 2.24. The van der Waals surface area contributed by atoms with Crippen molar-refractivity contribution in [2.45, 2.75) is 38.1 Å². The molecule has 5 nitrogen and oxygen atoms in total. The Morgan fingerprint density at radius 2 is 1.77 bits per heavy atom. The number of halogens is 2. The summed E-state index contributed by atoms with van der Waals surface area (Å²) in [7, 11) is -3.78. The van der Waals surface area contributed by atoms with Crippen molar-refractivity contribution in [1.82, 2.24) is 4.72 Å². The summed E-state index contributed by atoms with van der Waals surface area (Å²) in [6.07, 6.45) is 0. The smallest absolute Gasteiger partial charge is 0.256 e. The molecule has 2 aromatic carbocycles. The quantitative estimate of drug-likeness (QED) is 0.813. The first-order valence-electron chi connectivity index (χ1n) is 7.80. The van der Waals surface area contributed by atoms with Gasteiger partial charge in [-0.3, -0.25) is 4.79 Å². The Balaban J connectivity index is 2.36. The lowest BCUT2D eigenvalue weighted by Crippen LogP contribution is -2.40. The van der Waals surface area contributed by atoms with Crippen LogP contribution in [0.4, 0.5) is 10.1 Å². The number of hydrogen-bond donors (Lipinski definition) is 2. The summed E-state index contributed by atoms with van der Waals surface area (Å²) in [6, 6.07) is 7.88. The van der Waals surface area contributed by atoms with E-state index in [9.17, 15) is 17.6 Å². The van der Waals surface area contributed by atoms with Gasteiger partial charge in [0.05, 0.1) is 15.6 Å². The van der Waals surface area contributed by atoms with Crippen LogP contribution < -0.4 is 10.0 Å². The zero-order valence-electron chi connectivity index (χ0n) is 14.9. The van der Waals surface area contributed by atoms with E-state index in [1.54, 1.807) is 33.8 Å². The Morgan fingerprint density at radius 1 is 1.12 bits per heavy atom. The van der Waals surface area contributed by atoms with E-state index in [1.165, 1.54) is 24.3 Å². The summed E-state index contributed by atoms with van der Waals surface area (Å²) in [5.41, 5.74) is 0.351. The number of benzene rings is 2. The van der Waals surface area contributed by atoms with Crippen molar-refractivity contribution < 1.29 is 17.6 Å². The summed E-state index contributed by atoms with van der Waals surface area (Å²) < 4.78 is 40.6. The van der Waals surface area contributed by atoms with Crippen LogP contribution in [0.2, 0.25) is 5.02 Å². The number of carbonyl (C=O) groups is 1. The van der Waals surface area contributed by atoms with E-state index in [0.29, 0.717) is 5.56 Å². The molecule has 0 saturated carbocycles. The van der Waals surface area contributed by atoms with Crippen molar-refractivity contribution in [3.05, 3.63) is 58.4 Å². The number of aryl methyl sites for hydroxylation is 1. The van der Waals surface area contributed by atoms with E-state index in [2.05, 4.69) is 10.0 Å². The van der Waals surface area contributed by atoms with Gasteiger partial charge in [-0.2, -0.15) is 0 Å². The predicted molar refractivity (Wildman–Crippen MR) is 101 cm³/mol. The van der Waals surface area contributed by atoms with E-state index in [-0.39, 0.29) is 21.2 Å². The van der Waals surface area contributed by atoms with E-state index in [1.807, 2.05) is 0 Å². The number of carbonyl (C=O) groups excluding carboxylic acids is 1. The Kier molecular flexibility index (Phi) is 5.75. The molecule has 2 rings (SSSR count). The SMILES string of the molecule is Cc1ccc(S(=O)(=O)NC(C)(C)C)cc1C(=O)Nc1ccc(F)cc1Cl. The number of amides is 1. The molecule has 26 heavy (non-hydrogen) atoms. The molecule has 0 aliphatic heterocycles. The molecule has 0 spiro atoms. The lowest BCUT2D eigenvalue weighted by molar-refractivity contribution is 0.102. The maximum atomic E-state index is 13.1. The van der Waals surface area contributed by atoms with Gasteiger partial charge in [0.15, 0.2) is 0 Å². The van der Waals surface area contributed by atoms with E-state index >= 15 is 0 Å². The molecule has 2 N–H and O–H groups in total. The van der Waals surface area contributed by atoms with Gasteiger partial charge in [0, 0.05) is 11.1 Å². The highest BCUT2D eigenvalue weighted by molar-refractivity contribution is 7.89. The van der Waals surface area contributed by atoms with Crippen LogP contribution in [-0.2, 0) is 10.0 Å². The monoisotopic (exact) mass is 398 g/mol. The Morgan fingerprint density at radius 3 is 2.35 bits per heavy atom. The van der Waals surface area contributed by atoms with Crippen LogP contribution in [0.25, 0.3) is 0 Å². The molecule has 0 saturated heterocycles. The van der Waals surface area contributed by atoms with Gasteiger partial charge in [0.1, 0.15) is 5.82 Å². The molecule has 140 valence electrons. The van der Waals surface area contributed by atoms with Crippen molar-refractivity contribution >= 4 is 33.2 Å². The number of hydrogen-bond acceptors (Lipinski definition) is 3. The first-order valence-corrected chi connectivity index (χ1v) is 9.66. The summed E-state index contributed by atoms with van der Waals surface area (Å²) in [6.45, 7) is 6.86. The summed E-state index contributed by atoms with van der Waals surface area (Å²) in [5.74, 6) is -1.06. The molecule has 0 aliphatic carbocycles. The second-order valence-electron chi connectivity index (χ2n) is 6.91. The fourth-order valence-electron chi connectivity index (χ4n) is 2.26. The third-order valence-electron chi connectivity index (χ3n) is 3.38. The molecule has 0 heterocycles. The predicted octanol–water partition coefficient (Wildman–Crippen LogP) is 4.12. The zero-order chi connectivity index (χ0) is 19.7. The Hall–Kier alpha value is -1.96. The standard InChI is InChI=1S/C18H20ClFN2O3S/c1-11-5-7-13(26(24,25)22-18(2,3)4)10-14(11)17(23)21-16-8-6-12(20)9-15(16)19/h5-10,22H,1-4H3,(H,21,23). The number of rotatable bonds is 4. The van der Waals surface area contributed by atoms with Crippen LogP contribution in [0.5, 0.6) is 0 Å². The normalized spacial score (nSPS) is 12.1. The molecule has 2 aromatic rings. The Labute approximate surface area is 157 Å². The van der Waals surface area contributed by atoms with Crippen LogP contribution in [-0.4, -0.2) is 19.9 Å². The zero-order valence-corrected chi connectivity index (χ0v) is 16.4. The van der Waals surface area contributed by atoms with Gasteiger partial charge < -0.3 is 5.32 Å². The molecule has 0 atom stereocenters. The first-order chi connectivity index (χ1) is 11.9. The van der Waals surface area contributed by atoms with Gasteiger partial charge in [0.25, 0.3) is 5.91 Å². The minimum atomic E-state index is -3.78. The van der Waals surface area contributed by atoms with Gasteiger partial charge in [-0.1, -0.05) is 17.7 Å². The van der Waals surface area contributed by atoms with Crippen molar-refractivity contribution in [3.8, 4) is 0 Å². The van der Waals surface area contributed by atoms with Gasteiger partial charge in [-0.25, -0.2) is 17.5 Å². The molecular weight excluding hydrogens is 379 g/mol. The molecule has 0 fully saturated rings. The van der Waals surface area contributed by atoms with Crippen LogP contribution in [0, 0.1) is 12.7 Å². The fourth-order valence-corrected chi connectivity index (χ4v) is 3.91. The van der Waals surface area contributed by atoms with E-state index in [4.69, 9.17) is 11.6 Å². The first kappa shape index (κ1) is 20.4. The summed E-state index contributed by atoms with van der Waals surface area (Å²) in [4.78, 5) is 12.5. The van der Waals surface area contributed by atoms with Crippen molar-refractivity contribution in [2.24, 2.45) is 0 Å². The van der Waals surface area contributed by atoms with Gasteiger partial charge in [-0.15, -0.1) is 0 Å². The third kappa shape index (κ3) is 5.03. The largest absolute Gasteiger partial charge is 0.321 e. The van der Waals surface area contributed by atoms with Gasteiger partial charge >= 0.3 is 0 Å². The van der Waals surface area contributed by atoms with Crippen molar-refractivity contribution in [1.29, 1.82) is 0 Å². The van der Waals surface area contributed by atoms with Crippen LogP contribution in [0.3, 0.4) is 0 Å². The lowest BCUT2D eigenvalue weighted by atomic mass is 10.1.